The van der Waals surface area contributed by atoms with Gasteiger partial charge in [-0.05, 0) is 11.1 Å². The van der Waals surface area contributed by atoms with Gasteiger partial charge in [0.1, 0.15) is 19.3 Å². The van der Waals surface area contributed by atoms with Crippen molar-refractivity contribution in [1.29, 1.82) is 0 Å². The second-order valence-corrected chi connectivity index (χ2v) is 5.89. The van der Waals surface area contributed by atoms with Crippen LogP contribution < -0.4 is 5.32 Å². The molecule has 0 aliphatic carbocycles. The summed E-state index contributed by atoms with van der Waals surface area (Å²) >= 11 is 2.02. The Morgan fingerprint density at radius 3 is 1.88 bits per heavy atom. The van der Waals surface area contributed by atoms with Gasteiger partial charge >= 0.3 is 12.1 Å². The second kappa shape index (κ2) is 9.92. The number of amides is 1. The molecule has 24 heavy (non-hydrogen) atoms. The molecule has 1 N–H and O–H groups in total. The van der Waals surface area contributed by atoms with Crippen molar-refractivity contribution in [2.24, 2.45) is 0 Å². The first-order chi connectivity index (χ1) is 11.7. The Kier molecular flexibility index (Phi) is 7.54. The van der Waals surface area contributed by atoms with Gasteiger partial charge in [0.2, 0.25) is 0 Å². The van der Waals surface area contributed by atoms with Gasteiger partial charge < -0.3 is 14.8 Å². The van der Waals surface area contributed by atoms with Crippen molar-refractivity contribution < 1.29 is 19.1 Å². The Balaban J connectivity index is 1.77. The third-order valence-corrected chi connectivity index (χ3v) is 4.05. The molecule has 0 heterocycles. The number of hydrogen-bond acceptors (Lipinski definition) is 4. The highest BCUT2D eigenvalue weighted by Gasteiger charge is 2.21. The molecule has 6 heteroatoms. The monoisotopic (exact) mass is 439 g/mol. The largest absolute Gasteiger partial charge is 0.459 e. The van der Waals surface area contributed by atoms with Crippen molar-refractivity contribution in [1.82, 2.24) is 5.32 Å². The Bertz CT molecular complexity index is 649. The molecule has 0 fully saturated rings. The molecule has 1 amide bonds. The predicted octanol–water partition coefficient (Wildman–Crippen LogP) is 3.46. The summed E-state index contributed by atoms with van der Waals surface area (Å²) in [6.45, 7) is 0.327. The predicted molar refractivity (Wildman–Crippen MR) is 98.7 cm³/mol. The zero-order valence-corrected chi connectivity index (χ0v) is 15.1. The van der Waals surface area contributed by atoms with Gasteiger partial charge in [0, 0.05) is 4.43 Å². The summed E-state index contributed by atoms with van der Waals surface area (Å²) in [6, 6.07) is 18.0. The summed E-state index contributed by atoms with van der Waals surface area (Å²) in [4.78, 5) is 23.9. The summed E-state index contributed by atoms with van der Waals surface area (Å²) in [5.41, 5.74) is 1.77. The van der Waals surface area contributed by atoms with Gasteiger partial charge in [-0.15, -0.1) is 0 Å². The molecule has 0 aromatic heterocycles. The van der Waals surface area contributed by atoms with Gasteiger partial charge in [-0.3, -0.25) is 0 Å². The number of nitrogens with one attached hydrogen (secondary N) is 1. The van der Waals surface area contributed by atoms with E-state index in [2.05, 4.69) is 5.32 Å². The number of halogens is 1. The summed E-state index contributed by atoms with van der Waals surface area (Å²) in [5, 5.41) is 2.53. The molecule has 5 nitrogen and oxygen atoms in total. The van der Waals surface area contributed by atoms with Gasteiger partial charge in [0.15, 0.2) is 0 Å². The van der Waals surface area contributed by atoms with Crippen LogP contribution in [0.3, 0.4) is 0 Å². The molecule has 2 rings (SSSR count). The van der Waals surface area contributed by atoms with Crippen LogP contribution in [0.5, 0.6) is 0 Å². The van der Waals surface area contributed by atoms with E-state index in [0.717, 1.165) is 11.1 Å². The van der Waals surface area contributed by atoms with E-state index in [-0.39, 0.29) is 13.2 Å². The van der Waals surface area contributed by atoms with Crippen LogP contribution in [0.1, 0.15) is 11.1 Å². The summed E-state index contributed by atoms with van der Waals surface area (Å²) in [5.74, 6) is -0.482. The lowest BCUT2D eigenvalue weighted by Gasteiger charge is -2.15. The maximum Gasteiger partial charge on any atom is 0.408 e. The van der Waals surface area contributed by atoms with Crippen molar-refractivity contribution in [3.8, 4) is 0 Å². The van der Waals surface area contributed by atoms with Crippen molar-refractivity contribution in [3.05, 3.63) is 71.8 Å². The minimum atomic E-state index is -0.738. The lowest BCUT2D eigenvalue weighted by molar-refractivity contribution is -0.146. The average molecular weight is 439 g/mol. The minimum absolute atomic E-state index is 0.152. The van der Waals surface area contributed by atoms with Gasteiger partial charge in [0.05, 0.1) is 0 Å². The standard InChI is InChI=1S/C18H18INO4/c19-11-16(17(21)23-12-14-7-3-1-4-8-14)20-18(22)24-13-15-9-5-2-6-10-15/h1-10,16H,11-13H2,(H,20,22)/t16-/m0/s1. The van der Waals surface area contributed by atoms with E-state index in [1.165, 1.54) is 0 Å². The van der Waals surface area contributed by atoms with E-state index >= 15 is 0 Å². The highest BCUT2D eigenvalue weighted by Crippen LogP contribution is 2.05. The van der Waals surface area contributed by atoms with Crippen LogP contribution in [0, 0.1) is 0 Å². The van der Waals surface area contributed by atoms with Crippen LogP contribution in [0.25, 0.3) is 0 Å². The van der Waals surface area contributed by atoms with E-state index in [1.807, 2.05) is 83.3 Å². The molecule has 0 spiro atoms. The minimum Gasteiger partial charge on any atom is -0.459 e. The maximum absolute atomic E-state index is 12.1. The second-order valence-electron chi connectivity index (χ2n) is 5.01. The molecule has 0 bridgehead atoms. The normalized spacial score (nSPS) is 11.4. The first kappa shape index (κ1) is 18.3. The van der Waals surface area contributed by atoms with Gasteiger partial charge in [-0.2, -0.15) is 0 Å². The number of carbonyl (C=O) groups is 2. The Labute approximate surface area is 154 Å². The third kappa shape index (κ3) is 6.19. The molecule has 0 aliphatic rings. The van der Waals surface area contributed by atoms with Crippen molar-refractivity contribution in [2.75, 3.05) is 4.43 Å². The van der Waals surface area contributed by atoms with Crippen molar-refractivity contribution >= 4 is 34.7 Å². The molecule has 0 aliphatic heterocycles. The molecule has 0 radical (unpaired) electrons. The number of alkyl halides is 1. The molecule has 0 saturated heterocycles. The molecular weight excluding hydrogens is 421 g/mol. The SMILES string of the molecule is O=C(N[C@@H](CI)C(=O)OCc1ccccc1)OCc1ccccc1. The fourth-order valence-electron chi connectivity index (χ4n) is 1.90. The lowest BCUT2D eigenvalue weighted by atomic mass is 10.2. The molecule has 2 aromatic rings. The topological polar surface area (TPSA) is 64.6 Å². The summed E-state index contributed by atoms with van der Waals surface area (Å²) < 4.78 is 10.7. The highest BCUT2D eigenvalue weighted by atomic mass is 127. The third-order valence-electron chi connectivity index (χ3n) is 3.17. The zero-order chi connectivity index (χ0) is 17.2. The Morgan fingerprint density at radius 1 is 0.875 bits per heavy atom. The van der Waals surface area contributed by atoms with Gasteiger partial charge in [-0.25, -0.2) is 9.59 Å². The number of rotatable bonds is 7. The summed E-state index contributed by atoms with van der Waals surface area (Å²) in [7, 11) is 0. The van der Waals surface area contributed by atoms with E-state index < -0.39 is 18.1 Å². The quantitative estimate of drug-likeness (QED) is 0.408. The number of esters is 1. The number of hydrogen-bond donors (Lipinski definition) is 1. The van der Waals surface area contributed by atoms with Crippen LogP contribution in [-0.4, -0.2) is 22.5 Å². The number of carbonyl (C=O) groups excluding carboxylic acids is 2. The Morgan fingerprint density at radius 2 is 1.38 bits per heavy atom. The molecule has 0 saturated carbocycles. The van der Waals surface area contributed by atoms with Crippen LogP contribution in [0.2, 0.25) is 0 Å². The maximum atomic E-state index is 12.1. The van der Waals surface area contributed by atoms with E-state index in [0.29, 0.717) is 4.43 Å². The average Bonchev–Trinajstić information content (AvgIpc) is 2.64. The fraction of sp³-hybridized carbons (Fsp3) is 0.222. The van der Waals surface area contributed by atoms with Crippen molar-refractivity contribution in [2.45, 2.75) is 19.3 Å². The smallest absolute Gasteiger partial charge is 0.408 e. The number of benzene rings is 2. The van der Waals surface area contributed by atoms with Crippen LogP contribution >= 0.6 is 22.6 Å². The first-order valence-corrected chi connectivity index (χ1v) is 8.95. The Hall–Kier alpha value is -2.09. The van der Waals surface area contributed by atoms with E-state index in [9.17, 15) is 9.59 Å². The molecule has 2 aromatic carbocycles. The number of alkyl carbamates (subject to hydrolysis) is 1. The molecule has 1 atom stereocenters. The zero-order valence-electron chi connectivity index (χ0n) is 13.0. The highest BCUT2D eigenvalue weighted by molar-refractivity contribution is 14.1. The van der Waals surface area contributed by atoms with E-state index in [1.54, 1.807) is 0 Å². The van der Waals surface area contributed by atoms with Crippen LogP contribution in [-0.2, 0) is 27.5 Å². The molecule has 0 unspecified atom stereocenters. The first-order valence-electron chi connectivity index (χ1n) is 7.43. The summed E-state index contributed by atoms with van der Waals surface area (Å²) in [6.07, 6.45) is -0.641. The van der Waals surface area contributed by atoms with Crippen molar-refractivity contribution in [3.63, 3.8) is 0 Å². The molecular formula is C18H18INO4. The van der Waals surface area contributed by atoms with Gasteiger partial charge in [-0.1, -0.05) is 83.3 Å². The lowest BCUT2D eigenvalue weighted by Crippen LogP contribution is -2.43. The fourth-order valence-corrected chi connectivity index (χ4v) is 2.48. The van der Waals surface area contributed by atoms with Crippen LogP contribution in [0.15, 0.2) is 60.7 Å². The van der Waals surface area contributed by atoms with E-state index in [4.69, 9.17) is 9.47 Å². The van der Waals surface area contributed by atoms with Gasteiger partial charge in [0.25, 0.3) is 0 Å². The van der Waals surface area contributed by atoms with Crippen LogP contribution in [0.4, 0.5) is 4.79 Å². The number of ether oxygens (including phenoxy) is 2. The molecule has 126 valence electrons.